The highest BCUT2D eigenvalue weighted by molar-refractivity contribution is 8.01. The Morgan fingerprint density at radius 1 is 1.53 bits per heavy atom. The lowest BCUT2D eigenvalue weighted by Crippen LogP contribution is -2.34. The van der Waals surface area contributed by atoms with Crippen molar-refractivity contribution in [3.63, 3.8) is 0 Å². The Balaban J connectivity index is 2.71. The van der Waals surface area contributed by atoms with Crippen LogP contribution in [0.1, 0.15) is 5.56 Å². The summed E-state index contributed by atoms with van der Waals surface area (Å²) in [4.78, 5) is 11.1. The number of benzene rings is 1. The molecule has 1 N–H and O–H groups in total. The molecule has 0 aliphatic rings. The molecule has 0 radical (unpaired) electrons. The minimum Gasteiger partial charge on any atom is -0.480 e. The van der Waals surface area contributed by atoms with Crippen LogP contribution in [-0.4, -0.2) is 28.8 Å². The van der Waals surface area contributed by atoms with Gasteiger partial charge in [-0.2, -0.15) is 0 Å². The highest BCUT2D eigenvalue weighted by Crippen LogP contribution is 2.28. The zero-order valence-electron chi connectivity index (χ0n) is 8.55. The van der Waals surface area contributed by atoms with Crippen molar-refractivity contribution in [2.24, 2.45) is 0 Å². The molecule has 0 saturated heterocycles. The molecule has 15 heavy (non-hydrogen) atoms. The second-order valence-electron chi connectivity index (χ2n) is 3.28. The van der Waals surface area contributed by atoms with Gasteiger partial charge in [0.15, 0.2) is 0 Å². The highest BCUT2D eigenvalue weighted by Gasteiger charge is 2.21. The molecular weight excluding hydrogens is 228 g/mol. The molecule has 0 aliphatic carbocycles. The fourth-order valence-corrected chi connectivity index (χ4v) is 2.24. The highest BCUT2D eigenvalue weighted by atomic mass is 32.0. The summed E-state index contributed by atoms with van der Waals surface area (Å²) in [6.45, 7) is 0. The molecule has 1 rings (SSSR count). The Morgan fingerprint density at radius 2 is 2.13 bits per heavy atom. The summed E-state index contributed by atoms with van der Waals surface area (Å²) in [6.07, 6.45) is 0.550. The van der Waals surface area contributed by atoms with Crippen LogP contribution in [0.25, 0.3) is 0 Å². The molecule has 2 unspecified atom stereocenters. The van der Waals surface area contributed by atoms with Crippen molar-refractivity contribution in [3.8, 4) is 0 Å². The Kier molecular flexibility index (Phi) is 5.17. The number of likely N-dealkylation sites (N-methyl/N-ethyl adjacent to an activating group) is 1. The zero-order valence-corrected chi connectivity index (χ0v) is 10.7. The number of rotatable bonds is 5. The molecule has 0 saturated carbocycles. The normalized spacial score (nSPS) is 13.5. The van der Waals surface area contributed by atoms with Gasteiger partial charge in [-0.25, -0.2) is 0 Å². The van der Waals surface area contributed by atoms with Gasteiger partial charge >= 0.3 is 5.97 Å². The average molecular weight is 243 g/mol. The van der Waals surface area contributed by atoms with E-state index in [0.717, 1.165) is 5.56 Å². The molecule has 0 fully saturated rings. The fourth-order valence-electron chi connectivity index (χ4n) is 1.32. The molecule has 0 aromatic heterocycles. The van der Waals surface area contributed by atoms with Gasteiger partial charge in [0.05, 0.1) is 0 Å². The van der Waals surface area contributed by atoms with Crippen molar-refractivity contribution in [2.45, 2.75) is 12.5 Å². The van der Waals surface area contributed by atoms with Gasteiger partial charge in [-0.1, -0.05) is 39.3 Å². The third kappa shape index (κ3) is 3.87. The lowest BCUT2D eigenvalue weighted by atomic mass is 10.1. The predicted octanol–water partition coefficient (Wildman–Crippen LogP) is 2.00. The first-order chi connectivity index (χ1) is 7.15. The molecule has 0 heterocycles. The maximum Gasteiger partial charge on any atom is 0.321 e. The van der Waals surface area contributed by atoms with Gasteiger partial charge in [0, 0.05) is 0 Å². The van der Waals surface area contributed by atoms with Crippen LogP contribution in [0.5, 0.6) is 0 Å². The SMILES string of the molecule is CN(PP)[C@@H](Cc1ccccc1)C(=O)O. The van der Waals surface area contributed by atoms with E-state index in [1.807, 2.05) is 42.0 Å². The van der Waals surface area contributed by atoms with Gasteiger partial charge in [0.25, 0.3) is 0 Å². The van der Waals surface area contributed by atoms with E-state index in [4.69, 9.17) is 5.11 Å². The van der Waals surface area contributed by atoms with Gasteiger partial charge in [-0.05, 0) is 27.5 Å². The summed E-state index contributed by atoms with van der Waals surface area (Å²) < 4.78 is 1.83. The Bertz CT molecular complexity index is 318. The van der Waals surface area contributed by atoms with Gasteiger partial charge in [-0.3, -0.25) is 9.46 Å². The van der Waals surface area contributed by atoms with Crippen LogP contribution in [-0.2, 0) is 11.2 Å². The number of carboxylic acids is 1. The van der Waals surface area contributed by atoms with Crippen LogP contribution in [0.3, 0.4) is 0 Å². The van der Waals surface area contributed by atoms with E-state index in [1.165, 1.54) is 0 Å². The van der Waals surface area contributed by atoms with Crippen LogP contribution in [0.4, 0.5) is 0 Å². The van der Waals surface area contributed by atoms with Crippen molar-refractivity contribution in [2.75, 3.05) is 7.05 Å². The molecule has 3 atom stereocenters. The lowest BCUT2D eigenvalue weighted by Gasteiger charge is -2.22. The minimum absolute atomic E-state index is 0.426. The van der Waals surface area contributed by atoms with Gasteiger partial charge in [0.1, 0.15) is 6.04 Å². The maximum atomic E-state index is 11.1. The van der Waals surface area contributed by atoms with Crippen molar-refractivity contribution in [1.29, 1.82) is 0 Å². The van der Waals surface area contributed by atoms with Gasteiger partial charge in [-0.15, -0.1) is 0 Å². The number of nitrogens with zero attached hydrogens (tertiary/aromatic N) is 1. The smallest absolute Gasteiger partial charge is 0.321 e. The van der Waals surface area contributed by atoms with E-state index >= 15 is 0 Å². The van der Waals surface area contributed by atoms with Crippen molar-refractivity contribution >= 4 is 23.3 Å². The van der Waals surface area contributed by atoms with Crippen LogP contribution in [0.15, 0.2) is 30.3 Å². The van der Waals surface area contributed by atoms with E-state index in [0.29, 0.717) is 14.8 Å². The summed E-state index contributed by atoms with van der Waals surface area (Å²) in [7, 11) is 4.82. The van der Waals surface area contributed by atoms with Crippen LogP contribution in [0.2, 0.25) is 0 Å². The number of hydrogen-bond donors (Lipinski definition) is 1. The first-order valence-electron chi connectivity index (χ1n) is 4.61. The molecule has 0 aliphatic heterocycles. The average Bonchev–Trinajstić information content (AvgIpc) is 2.26. The first-order valence-corrected chi connectivity index (χ1v) is 7.36. The molecule has 3 nitrogen and oxygen atoms in total. The summed E-state index contributed by atoms with van der Waals surface area (Å²) in [5.74, 6) is -0.767. The lowest BCUT2D eigenvalue weighted by molar-refractivity contribution is -0.141. The molecular formula is C10H15NO2P2. The monoisotopic (exact) mass is 243 g/mol. The van der Waals surface area contributed by atoms with E-state index in [1.54, 1.807) is 0 Å². The predicted molar refractivity (Wildman–Crippen MR) is 67.4 cm³/mol. The maximum absolute atomic E-state index is 11.1. The van der Waals surface area contributed by atoms with Gasteiger partial charge < -0.3 is 5.11 Å². The number of carboxylic acid groups (broad SMARTS) is 1. The Morgan fingerprint density at radius 3 is 2.60 bits per heavy atom. The van der Waals surface area contributed by atoms with E-state index in [2.05, 4.69) is 8.93 Å². The van der Waals surface area contributed by atoms with Crippen LogP contribution >= 0.6 is 17.3 Å². The summed E-state index contributed by atoms with van der Waals surface area (Å²) in [5.41, 5.74) is 1.06. The number of aliphatic carboxylic acids is 1. The Hall–Kier alpha value is -0.490. The second-order valence-corrected chi connectivity index (χ2v) is 5.02. The summed E-state index contributed by atoms with van der Waals surface area (Å²) in [5, 5.41) is 9.09. The summed E-state index contributed by atoms with van der Waals surface area (Å²) >= 11 is 0. The molecule has 0 bridgehead atoms. The molecule has 1 aromatic rings. The number of hydrogen-bond acceptors (Lipinski definition) is 2. The second kappa shape index (κ2) is 6.17. The van der Waals surface area contributed by atoms with Crippen molar-refractivity contribution < 1.29 is 9.90 Å². The van der Waals surface area contributed by atoms with Gasteiger partial charge in [0.2, 0.25) is 0 Å². The number of carbonyl (C=O) groups is 1. The molecule has 0 spiro atoms. The fraction of sp³-hybridized carbons (Fsp3) is 0.300. The third-order valence-electron chi connectivity index (χ3n) is 2.23. The standard InChI is InChI=1S/C10H15NO2P2/c1-11(15-14)9(10(12)13)7-8-5-3-2-4-6-8/h2-6,9,15H,7,14H2,1H3,(H,12,13)/t9-/m0/s1. The topological polar surface area (TPSA) is 40.5 Å². The molecule has 5 heteroatoms. The van der Waals surface area contributed by atoms with Crippen molar-refractivity contribution in [1.82, 2.24) is 4.67 Å². The summed E-state index contributed by atoms with van der Waals surface area (Å²) in [6, 6.07) is 9.25. The first kappa shape index (κ1) is 12.6. The third-order valence-corrected chi connectivity index (χ3v) is 4.17. The van der Waals surface area contributed by atoms with Crippen molar-refractivity contribution in [3.05, 3.63) is 35.9 Å². The quantitative estimate of drug-likeness (QED) is 0.804. The zero-order chi connectivity index (χ0) is 11.3. The van der Waals surface area contributed by atoms with E-state index in [-0.39, 0.29) is 0 Å². The van der Waals surface area contributed by atoms with Crippen LogP contribution in [0, 0.1) is 0 Å². The van der Waals surface area contributed by atoms with E-state index < -0.39 is 12.0 Å². The Labute approximate surface area is 93.8 Å². The molecule has 1 aromatic carbocycles. The molecule has 0 amide bonds. The van der Waals surface area contributed by atoms with Crippen LogP contribution < -0.4 is 0 Å². The largest absolute Gasteiger partial charge is 0.480 e. The molecule has 82 valence electrons. The minimum atomic E-state index is -0.767. The van der Waals surface area contributed by atoms with E-state index in [9.17, 15) is 4.79 Å².